The Bertz CT molecular complexity index is 312. The largest absolute Gasteiger partial charge is 0.497 e. The topological polar surface area (TPSA) is 47.6 Å². The number of rotatable bonds is 4. The highest BCUT2D eigenvalue weighted by Crippen LogP contribution is 2.12. The van der Waals surface area contributed by atoms with Gasteiger partial charge in [-0.15, -0.1) is 0 Å². The van der Waals surface area contributed by atoms with Gasteiger partial charge in [0.05, 0.1) is 20.6 Å². The van der Waals surface area contributed by atoms with Gasteiger partial charge in [-0.1, -0.05) is 12.1 Å². The van der Waals surface area contributed by atoms with E-state index in [1.807, 2.05) is 24.3 Å². The Morgan fingerprint density at radius 2 is 2.21 bits per heavy atom. The minimum Gasteiger partial charge on any atom is -0.497 e. The molecule has 0 aliphatic rings. The van der Waals surface area contributed by atoms with Crippen molar-refractivity contribution in [2.75, 3.05) is 14.2 Å². The standard InChI is InChI=1S/C10H13NO3/c1-13-9-5-3-4-8(6-9)7-10(12)11-14-2/h3-6H,7H2,1-2H3,(H,11,12). The van der Waals surface area contributed by atoms with E-state index in [-0.39, 0.29) is 12.3 Å². The van der Waals surface area contributed by atoms with Crippen LogP contribution in [0.15, 0.2) is 24.3 Å². The van der Waals surface area contributed by atoms with E-state index < -0.39 is 0 Å². The Labute approximate surface area is 82.8 Å². The van der Waals surface area contributed by atoms with Crippen molar-refractivity contribution in [3.63, 3.8) is 0 Å². The van der Waals surface area contributed by atoms with E-state index in [1.54, 1.807) is 7.11 Å². The summed E-state index contributed by atoms with van der Waals surface area (Å²) in [6.45, 7) is 0. The summed E-state index contributed by atoms with van der Waals surface area (Å²) in [6.07, 6.45) is 0.283. The van der Waals surface area contributed by atoms with E-state index in [0.29, 0.717) is 0 Å². The molecule has 4 heteroatoms. The molecule has 0 fully saturated rings. The molecular formula is C10H13NO3. The van der Waals surface area contributed by atoms with E-state index >= 15 is 0 Å². The first kappa shape index (κ1) is 10.5. The molecule has 0 spiro atoms. The van der Waals surface area contributed by atoms with Crippen molar-refractivity contribution >= 4 is 5.91 Å². The summed E-state index contributed by atoms with van der Waals surface area (Å²) in [5.41, 5.74) is 3.14. The number of benzene rings is 1. The van der Waals surface area contributed by atoms with Gasteiger partial charge in [-0.2, -0.15) is 0 Å². The van der Waals surface area contributed by atoms with E-state index in [0.717, 1.165) is 11.3 Å². The molecule has 0 aromatic heterocycles. The third-order valence-corrected chi connectivity index (χ3v) is 1.71. The third kappa shape index (κ3) is 3.06. The van der Waals surface area contributed by atoms with E-state index in [2.05, 4.69) is 10.3 Å². The van der Waals surface area contributed by atoms with Gasteiger partial charge in [0.2, 0.25) is 5.91 Å². The molecule has 1 aromatic carbocycles. The zero-order chi connectivity index (χ0) is 10.4. The van der Waals surface area contributed by atoms with Gasteiger partial charge >= 0.3 is 0 Å². The molecule has 0 aliphatic carbocycles. The molecule has 0 saturated heterocycles. The smallest absolute Gasteiger partial charge is 0.247 e. The monoisotopic (exact) mass is 195 g/mol. The van der Waals surface area contributed by atoms with Crippen LogP contribution in [0.3, 0.4) is 0 Å². The Balaban J connectivity index is 2.62. The first-order valence-corrected chi connectivity index (χ1v) is 4.21. The molecule has 1 rings (SSSR count). The molecular weight excluding hydrogens is 182 g/mol. The van der Waals surface area contributed by atoms with Crippen molar-refractivity contribution < 1.29 is 14.4 Å². The first-order chi connectivity index (χ1) is 6.76. The number of carbonyl (C=O) groups excluding carboxylic acids is 1. The normalized spacial score (nSPS) is 9.57. The summed E-state index contributed by atoms with van der Waals surface area (Å²) < 4.78 is 5.03. The summed E-state index contributed by atoms with van der Waals surface area (Å²) in [5, 5.41) is 0. The number of hydrogen-bond donors (Lipinski definition) is 1. The van der Waals surface area contributed by atoms with Crippen LogP contribution in [0.25, 0.3) is 0 Å². The summed E-state index contributed by atoms with van der Waals surface area (Å²) >= 11 is 0. The third-order valence-electron chi connectivity index (χ3n) is 1.71. The zero-order valence-electron chi connectivity index (χ0n) is 8.24. The van der Waals surface area contributed by atoms with Gasteiger partial charge in [0.15, 0.2) is 0 Å². The molecule has 0 saturated carbocycles. The van der Waals surface area contributed by atoms with E-state index in [4.69, 9.17) is 4.74 Å². The van der Waals surface area contributed by atoms with Crippen molar-refractivity contribution in [1.82, 2.24) is 5.48 Å². The number of carbonyl (C=O) groups is 1. The second-order valence-corrected chi connectivity index (χ2v) is 2.76. The number of ether oxygens (including phenoxy) is 1. The number of amides is 1. The molecule has 0 heterocycles. The molecule has 76 valence electrons. The minimum absolute atomic E-state index is 0.180. The van der Waals surface area contributed by atoms with Crippen molar-refractivity contribution in [2.45, 2.75) is 6.42 Å². The van der Waals surface area contributed by atoms with Crippen molar-refractivity contribution in [2.24, 2.45) is 0 Å². The van der Waals surface area contributed by atoms with Gasteiger partial charge in [0.1, 0.15) is 5.75 Å². The second kappa shape index (κ2) is 5.24. The first-order valence-electron chi connectivity index (χ1n) is 4.21. The molecule has 0 unspecified atom stereocenters. The molecule has 0 bridgehead atoms. The van der Waals surface area contributed by atoms with Crippen LogP contribution in [-0.4, -0.2) is 20.1 Å². The number of nitrogens with one attached hydrogen (secondary N) is 1. The number of hydroxylamine groups is 1. The van der Waals surface area contributed by atoms with Crippen LogP contribution in [0.5, 0.6) is 5.75 Å². The van der Waals surface area contributed by atoms with Crippen LogP contribution < -0.4 is 10.2 Å². The van der Waals surface area contributed by atoms with Crippen LogP contribution in [0, 0.1) is 0 Å². The zero-order valence-corrected chi connectivity index (χ0v) is 8.24. The van der Waals surface area contributed by atoms with Crippen molar-refractivity contribution in [1.29, 1.82) is 0 Å². The van der Waals surface area contributed by atoms with Crippen LogP contribution in [-0.2, 0) is 16.1 Å². The molecule has 1 aromatic rings. The van der Waals surface area contributed by atoms with Gasteiger partial charge in [-0.25, -0.2) is 5.48 Å². The second-order valence-electron chi connectivity index (χ2n) is 2.76. The summed E-state index contributed by atoms with van der Waals surface area (Å²) in [5.74, 6) is 0.563. The van der Waals surface area contributed by atoms with Crippen LogP contribution in [0.1, 0.15) is 5.56 Å². The van der Waals surface area contributed by atoms with Gasteiger partial charge in [-0.3, -0.25) is 9.63 Å². The maximum absolute atomic E-state index is 11.1. The van der Waals surface area contributed by atoms with E-state index in [1.165, 1.54) is 7.11 Å². The Kier molecular flexibility index (Phi) is 3.94. The van der Waals surface area contributed by atoms with Gasteiger partial charge < -0.3 is 4.74 Å². The molecule has 0 aliphatic heterocycles. The lowest BCUT2D eigenvalue weighted by molar-refractivity contribution is -0.130. The highest BCUT2D eigenvalue weighted by Gasteiger charge is 2.02. The molecule has 14 heavy (non-hydrogen) atoms. The minimum atomic E-state index is -0.180. The van der Waals surface area contributed by atoms with Gasteiger partial charge in [-0.05, 0) is 17.7 Å². The summed E-state index contributed by atoms with van der Waals surface area (Å²) in [6, 6.07) is 7.35. The fourth-order valence-corrected chi connectivity index (χ4v) is 1.12. The van der Waals surface area contributed by atoms with Gasteiger partial charge in [0.25, 0.3) is 0 Å². The number of methoxy groups -OCH3 is 1. The van der Waals surface area contributed by atoms with Crippen LogP contribution in [0.4, 0.5) is 0 Å². The Morgan fingerprint density at radius 1 is 1.43 bits per heavy atom. The van der Waals surface area contributed by atoms with Crippen LogP contribution >= 0.6 is 0 Å². The predicted octanol–water partition coefficient (Wildman–Crippen LogP) is 0.915. The van der Waals surface area contributed by atoms with Gasteiger partial charge in [0, 0.05) is 0 Å². The highest BCUT2D eigenvalue weighted by atomic mass is 16.6. The maximum atomic E-state index is 11.1. The molecule has 0 radical (unpaired) electrons. The molecule has 4 nitrogen and oxygen atoms in total. The average molecular weight is 195 g/mol. The average Bonchev–Trinajstić information content (AvgIpc) is 2.18. The van der Waals surface area contributed by atoms with E-state index in [9.17, 15) is 4.79 Å². The Morgan fingerprint density at radius 3 is 2.86 bits per heavy atom. The summed E-state index contributed by atoms with van der Waals surface area (Å²) in [7, 11) is 3.00. The highest BCUT2D eigenvalue weighted by molar-refractivity contribution is 5.77. The SMILES string of the molecule is CONC(=O)Cc1cccc(OC)c1. The predicted molar refractivity (Wildman–Crippen MR) is 51.8 cm³/mol. The lowest BCUT2D eigenvalue weighted by Crippen LogP contribution is -2.23. The number of hydrogen-bond acceptors (Lipinski definition) is 3. The van der Waals surface area contributed by atoms with Crippen molar-refractivity contribution in [3.8, 4) is 5.75 Å². The Hall–Kier alpha value is -1.55. The summed E-state index contributed by atoms with van der Waals surface area (Å²) in [4.78, 5) is 15.6. The lowest BCUT2D eigenvalue weighted by atomic mass is 10.1. The fraction of sp³-hybridized carbons (Fsp3) is 0.300. The lowest BCUT2D eigenvalue weighted by Gasteiger charge is -2.04. The van der Waals surface area contributed by atoms with Crippen molar-refractivity contribution in [3.05, 3.63) is 29.8 Å². The quantitative estimate of drug-likeness (QED) is 0.726. The molecule has 1 amide bonds. The molecule has 1 N–H and O–H groups in total. The van der Waals surface area contributed by atoms with Crippen LogP contribution in [0.2, 0.25) is 0 Å². The maximum Gasteiger partial charge on any atom is 0.247 e. The molecule has 0 atom stereocenters. The fourth-order valence-electron chi connectivity index (χ4n) is 1.12.